The maximum atomic E-state index is 12.9. The van der Waals surface area contributed by atoms with E-state index in [1.165, 1.54) is 12.5 Å². The number of primary amides is 1. The Kier molecular flexibility index (Phi) is 5.95. The van der Waals surface area contributed by atoms with Crippen LogP contribution in [0.15, 0.2) is 36.8 Å². The smallest absolute Gasteiger partial charge is 0.368 e. The quantitative estimate of drug-likeness (QED) is 0.401. The lowest BCUT2D eigenvalue weighted by Crippen LogP contribution is -2.31. The summed E-state index contributed by atoms with van der Waals surface area (Å²) < 4.78 is 41.2. The highest BCUT2D eigenvalue weighted by Gasteiger charge is 2.44. The molecule has 5 heterocycles. The number of alkyl halides is 3. The molecule has 3 aromatic heterocycles. The maximum Gasteiger partial charge on any atom is 0.408 e. The number of hydrogen-bond acceptors (Lipinski definition) is 7. The van der Waals surface area contributed by atoms with Crippen LogP contribution < -0.4 is 10.6 Å². The lowest BCUT2D eigenvalue weighted by Gasteiger charge is -2.25. The zero-order chi connectivity index (χ0) is 27.4. The van der Waals surface area contributed by atoms with Gasteiger partial charge in [-0.05, 0) is 43.1 Å². The third-order valence-corrected chi connectivity index (χ3v) is 7.74. The molecule has 2 N–H and O–H groups in total. The van der Waals surface area contributed by atoms with Crippen molar-refractivity contribution in [2.75, 3.05) is 31.1 Å². The molecule has 1 aromatic carbocycles. The molecule has 13 heteroatoms. The first kappa shape index (κ1) is 25.1. The monoisotopic (exact) mass is 537 g/mol. The van der Waals surface area contributed by atoms with Crippen LogP contribution >= 0.6 is 0 Å². The van der Waals surface area contributed by atoms with Gasteiger partial charge in [-0.2, -0.15) is 23.5 Å². The Morgan fingerprint density at radius 3 is 2.74 bits per heavy atom. The molecule has 0 bridgehead atoms. The lowest BCUT2D eigenvalue weighted by atomic mass is 9.86. The van der Waals surface area contributed by atoms with E-state index in [0.29, 0.717) is 16.9 Å². The van der Waals surface area contributed by atoms with Gasteiger partial charge in [0.25, 0.3) is 0 Å². The van der Waals surface area contributed by atoms with Crippen molar-refractivity contribution in [2.45, 2.75) is 38.7 Å². The Morgan fingerprint density at radius 2 is 1.97 bits per heavy atom. The van der Waals surface area contributed by atoms with Crippen molar-refractivity contribution in [3.8, 4) is 6.07 Å². The van der Waals surface area contributed by atoms with Crippen LogP contribution in [0.3, 0.4) is 0 Å². The number of anilines is 1. The number of carbonyl (C=O) groups is 1. The molecule has 2 aliphatic rings. The van der Waals surface area contributed by atoms with Gasteiger partial charge >= 0.3 is 6.18 Å². The normalized spacial score (nSPS) is 20.0. The second kappa shape index (κ2) is 9.23. The Labute approximate surface area is 221 Å². The number of likely N-dealkylation sites (tertiary alicyclic amines) is 1. The Balaban J connectivity index is 1.16. The number of aromatic nitrogens is 5. The summed E-state index contributed by atoms with van der Waals surface area (Å²) in [5, 5.41) is 14.9. The van der Waals surface area contributed by atoms with Gasteiger partial charge < -0.3 is 15.2 Å². The number of nitrogens with zero attached hydrogens (tertiary/aromatic N) is 8. The number of halogens is 3. The molecule has 1 atom stereocenters. The van der Waals surface area contributed by atoms with E-state index in [-0.39, 0.29) is 17.6 Å². The van der Waals surface area contributed by atoms with Crippen molar-refractivity contribution in [1.29, 1.82) is 5.26 Å². The van der Waals surface area contributed by atoms with Gasteiger partial charge in [-0.25, -0.2) is 9.97 Å². The standard InChI is InChI=1S/C26H26F3N9O/c27-26(28,29)15-37-11-20-23(34-37)32-16-33-24(20)36-6-4-25(14-36)3-5-35(13-25)10-17-1-2-21-18(7-17)8-19(9-30)38(21)12-22(31)39/h1-2,7-8,11,16H,3-6,10,12-15H2,(H2,31,39). The van der Waals surface area contributed by atoms with Crippen LogP contribution in [0.4, 0.5) is 19.0 Å². The fourth-order valence-corrected chi connectivity index (χ4v) is 6.10. The van der Waals surface area contributed by atoms with Crippen LogP contribution in [0, 0.1) is 16.7 Å². The second-order valence-electron chi connectivity index (χ2n) is 10.6. The predicted octanol–water partition coefficient (Wildman–Crippen LogP) is 2.80. The summed E-state index contributed by atoms with van der Waals surface area (Å²) in [7, 11) is 0. The molecule has 6 rings (SSSR count). The van der Waals surface area contributed by atoms with Crippen LogP contribution in [0.5, 0.6) is 0 Å². The summed E-state index contributed by atoms with van der Waals surface area (Å²) in [5.74, 6) is 0.127. The first-order chi connectivity index (χ1) is 18.6. The van der Waals surface area contributed by atoms with E-state index in [1.807, 2.05) is 12.1 Å². The molecule has 2 fully saturated rings. The van der Waals surface area contributed by atoms with Crippen molar-refractivity contribution >= 4 is 33.7 Å². The SMILES string of the molecule is N#Cc1cc2cc(CN3CCC4(CCN(c5ncnc6nn(CC(F)(F)F)cc56)C4)C3)ccc2n1CC(N)=O. The summed E-state index contributed by atoms with van der Waals surface area (Å²) in [6, 6.07) is 9.91. The van der Waals surface area contributed by atoms with Crippen LogP contribution in [0.25, 0.3) is 21.9 Å². The molecule has 2 aliphatic heterocycles. The Bertz CT molecular complexity index is 1620. The van der Waals surface area contributed by atoms with Gasteiger partial charge in [-0.3, -0.25) is 14.4 Å². The van der Waals surface area contributed by atoms with E-state index in [9.17, 15) is 23.2 Å². The molecule has 2 saturated heterocycles. The lowest BCUT2D eigenvalue weighted by molar-refractivity contribution is -0.142. The van der Waals surface area contributed by atoms with Gasteiger partial charge in [-0.15, -0.1) is 0 Å². The van der Waals surface area contributed by atoms with Crippen LogP contribution in [-0.4, -0.2) is 67.5 Å². The number of rotatable bonds is 6. The molecule has 1 amide bonds. The highest BCUT2D eigenvalue weighted by molar-refractivity contribution is 5.87. The third kappa shape index (κ3) is 4.87. The number of amides is 1. The minimum Gasteiger partial charge on any atom is -0.368 e. The van der Waals surface area contributed by atoms with Gasteiger partial charge in [0, 0.05) is 48.7 Å². The van der Waals surface area contributed by atoms with Crippen molar-refractivity contribution < 1.29 is 18.0 Å². The second-order valence-corrected chi connectivity index (χ2v) is 10.6. The van der Waals surface area contributed by atoms with E-state index in [0.717, 1.165) is 66.7 Å². The molecular weight excluding hydrogens is 511 g/mol. The van der Waals surface area contributed by atoms with Gasteiger partial charge in [-0.1, -0.05) is 6.07 Å². The molecule has 4 aromatic rings. The van der Waals surface area contributed by atoms with E-state index in [2.05, 4.69) is 37.0 Å². The molecule has 1 spiro atoms. The van der Waals surface area contributed by atoms with Crippen molar-refractivity contribution in [1.82, 2.24) is 29.2 Å². The van der Waals surface area contributed by atoms with E-state index >= 15 is 0 Å². The molecular formula is C26H26F3N9O. The summed E-state index contributed by atoms with van der Waals surface area (Å²) >= 11 is 0. The number of fused-ring (bicyclic) bond motifs is 2. The number of hydrogen-bond donors (Lipinski definition) is 1. The Morgan fingerprint density at radius 1 is 1.15 bits per heavy atom. The van der Waals surface area contributed by atoms with Gasteiger partial charge in [0.1, 0.15) is 37.0 Å². The number of carbonyl (C=O) groups excluding carboxylic acids is 1. The number of nitrogens with two attached hydrogens (primary N) is 1. The van der Waals surface area contributed by atoms with Gasteiger partial charge in [0.2, 0.25) is 5.91 Å². The van der Waals surface area contributed by atoms with Crippen LogP contribution in [-0.2, 0) is 24.4 Å². The molecule has 0 aliphatic carbocycles. The fraction of sp³-hybridized carbons (Fsp3) is 0.423. The highest BCUT2D eigenvalue weighted by atomic mass is 19.4. The minimum absolute atomic E-state index is 0.0430. The van der Waals surface area contributed by atoms with Gasteiger partial charge in [0.05, 0.1) is 5.39 Å². The van der Waals surface area contributed by atoms with Crippen molar-refractivity contribution in [2.24, 2.45) is 11.1 Å². The predicted molar refractivity (Wildman–Crippen MR) is 136 cm³/mol. The summed E-state index contributed by atoms with van der Waals surface area (Å²) in [6.45, 7) is 2.90. The van der Waals surface area contributed by atoms with Gasteiger partial charge in [0.15, 0.2) is 5.65 Å². The zero-order valence-electron chi connectivity index (χ0n) is 21.0. The largest absolute Gasteiger partial charge is 0.408 e. The van der Waals surface area contributed by atoms with E-state index in [4.69, 9.17) is 5.73 Å². The third-order valence-electron chi connectivity index (χ3n) is 7.74. The van der Waals surface area contributed by atoms with Crippen LogP contribution in [0.2, 0.25) is 0 Å². The maximum absolute atomic E-state index is 12.9. The van der Waals surface area contributed by atoms with Crippen molar-refractivity contribution in [3.05, 3.63) is 48.0 Å². The Hall–Kier alpha value is -4.18. The minimum atomic E-state index is -4.36. The summed E-state index contributed by atoms with van der Waals surface area (Å²) in [5.41, 5.74) is 8.01. The molecule has 202 valence electrons. The number of benzene rings is 1. The van der Waals surface area contributed by atoms with E-state index < -0.39 is 18.6 Å². The molecule has 0 radical (unpaired) electrons. The highest BCUT2D eigenvalue weighted by Crippen LogP contribution is 2.42. The molecule has 10 nitrogen and oxygen atoms in total. The number of nitriles is 1. The average Bonchev–Trinajstić information content (AvgIpc) is 3.64. The summed E-state index contributed by atoms with van der Waals surface area (Å²) in [6.07, 6.45) is 0.359. The molecule has 1 unspecified atom stereocenters. The zero-order valence-corrected chi connectivity index (χ0v) is 21.0. The van der Waals surface area contributed by atoms with Crippen molar-refractivity contribution in [3.63, 3.8) is 0 Å². The summed E-state index contributed by atoms with van der Waals surface area (Å²) in [4.78, 5) is 24.5. The first-order valence-corrected chi connectivity index (χ1v) is 12.6. The first-order valence-electron chi connectivity index (χ1n) is 12.6. The topological polar surface area (TPSA) is 122 Å². The van der Waals surface area contributed by atoms with Crippen LogP contribution in [0.1, 0.15) is 24.1 Å². The average molecular weight is 538 g/mol. The van der Waals surface area contributed by atoms with E-state index in [1.54, 1.807) is 10.6 Å². The molecule has 39 heavy (non-hydrogen) atoms. The fourth-order valence-electron chi connectivity index (χ4n) is 6.10. The molecule has 0 saturated carbocycles.